The van der Waals surface area contributed by atoms with Crippen molar-refractivity contribution in [1.29, 1.82) is 0 Å². The maximum absolute atomic E-state index is 4.71. The number of nitrogens with one attached hydrogen (secondary N) is 2. The maximum atomic E-state index is 4.71. The van der Waals surface area contributed by atoms with Crippen LogP contribution in [0.5, 0.6) is 0 Å². The van der Waals surface area contributed by atoms with Crippen molar-refractivity contribution in [3.8, 4) is 0 Å². The molecule has 2 aromatic carbocycles. The molecular weight excluding hydrogens is 461 g/mol. The van der Waals surface area contributed by atoms with Gasteiger partial charge in [-0.15, -0.1) is 24.0 Å². The summed E-state index contributed by atoms with van der Waals surface area (Å²) < 4.78 is 1.95. The molecule has 3 rings (SSSR count). The molecule has 0 aliphatic rings. The molecule has 3 aromatic rings. The zero-order valence-electron chi connectivity index (χ0n) is 16.4. The first-order valence-electron chi connectivity index (χ1n) is 9.39. The maximum Gasteiger partial charge on any atom is 0.192 e. The fourth-order valence-corrected chi connectivity index (χ4v) is 2.87. The molecule has 6 heteroatoms. The summed E-state index contributed by atoms with van der Waals surface area (Å²) >= 11 is 0. The Bertz CT molecular complexity index is 846. The Hall–Kier alpha value is -2.35. The Morgan fingerprint density at radius 2 is 1.71 bits per heavy atom. The normalized spacial score (nSPS) is 12.1. The zero-order chi connectivity index (χ0) is 18.9. The van der Waals surface area contributed by atoms with Gasteiger partial charge in [-0.2, -0.15) is 5.10 Å². The summed E-state index contributed by atoms with van der Waals surface area (Å²) in [5.74, 6) is 0.810. The predicted octanol–water partition coefficient (Wildman–Crippen LogP) is 4.37. The summed E-state index contributed by atoms with van der Waals surface area (Å²) in [6.07, 6.45) is 3.94. The van der Waals surface area contributed by atoms with Crippen LogP contribution in [0.3, 0.4) is 0 Å². The van der Waals surface area contributed by atoms with Crippen LogP contribution in [-0.2, 0) is 13.1 Å². The van der Waals surface area contributed by atoms with Crippen molar-refractivity contribution >= 4 is 29.9 Å². The smallest absolute Gasteiger partial charge is 0.192 e. The molecule has 1 heterocycles. The Kier molecular flexibility index (Phi) is 9.00. The van der Waals surface area contributed by atoms with Gasteiger partial charge in [0, 0.05) is 18.3 Å². The van der Waals surface area contributed by atoms with Crippen molar-refractivity contribution in [2.75, 3.05) is 6.54 Å². The number of halogens is 1. The van der Waals surface area contributed by atoms with E-state index in [1.807, 2.05) is 35.1 Å². The second kappa shape index (κ2) is 11.5. The molecule has 1 atom stereocenters. The highest BCUT2D eigenvalue weighted by molar-refractivity contribution is 14.0. The number of benzene rings is 2. The van der Waals surface area contributed by atoms with E-state index in [2.05, 4.69) is 72.2 Å². The van der Waals surface area contributed by atoms with Gasteiger partial charge in [-0.05, 0) is 25.0 Å². The van der Waals surface area contributed by atoms with E-state index in [1.165, 1.54) is 11.1 Å². The number of nitrogens with zero attached hydrogens (tertiary/aromatic N) is 3. The Labute approximate surface area is 184 Å². The first-order chi connectivity index (χ1) is 13.2. The standard InChI is InChI=1S/C22H27N5.HI/c1-3-23-22(26-18(2)21-12-8-5-9-13-21)24-14-20-15-25-27(17-20)16-19-10-6-4-7-11-19;/h4-13,15,17-18H,3,14,16H2,1-2H3,(H2,23,24,26);1H. The van der Waals surface area contributed by atoms with E-state index >= 15 is 0 Å². The molecular formula is C22H28IN5. The molecule has 0 spiro atoms. The van der Waals surface area contributed by atoms with Crippen molar-refractivity contribution < 1.29 is 0 Å². The van der Waals surface area contributed by atoms with Gasteiger partial charge in [0.05, 0.1) is 25.3 Å². The third kappa shape index (κ3) is 6.67. The number of hydrogen-bond acceptors (Lipinski definition) is 2. The molecule has 2 N–H and O–H groups in total. The monoisotopic (exact) mass is 489 g/mol. The zero-order valence-corrected chi connectivity index (χ0v) is 18.7. The van der Waals surface area contributed by atoms with E-state index in [-0.39, 0.29) is 30.0 Å². The van der Waals surface area contributed by atoms with Gasteiger partial charge in [0.25, 0.3) is 0 Å². The fourth-order valence-electron chi connectivity index (χ4n) is 2.87. The molecule has 0 fully saturated rings. The van der Waals surface area contributed by atoms with E-state index < -0.39 is 0 Å². The molecule has 0 aliphatic heterocycles. The number of hydrogen-bond donors (Lipinski definition) is 2. The van der Waals surface area contributed by atoms with Crippen LogP contribution in [-0.4, -0.2) is 22.3 Å². The highest BCUT2D eigenvalue weighted by Crippen LogP contribution is 2.11. The van der Waals surface area contributed by atoms with Gasteiger partial charge in [0.2, 0.25) is 0 Å². The SMILES string of the molecule is CCNC(=NCc1cnn(Cc2ccccc2)c1)NC(C)c1ccccc1.I. The van der Waals surface area contributed by atoms with Crippen LogP contribution in [0.4, 0.5) is 0 Å². The molecule has 0 radical (unpaired) electrons. The highest BCUT2D eigenvalue weighted by atomic mass is 127. The van der Waals surface area contributed by atoms with Crippen molar-refractivity contribution in [2.45, 2.75) is 33.0 Å². The minimum Gasteiger partial charge on any atom is -0.357 e. The van der Waals surface area contributed by atoms with Gasteiger partial charge in [-0.3, -0.25) is 4.68 Å². The average Bonchev–Trinajstić information content (AvgIpc) is 3.15. The van der Waals surface area contributed by atoms with Gasteiger partial charge in [0.15, 0.2) is 5.96 Å². The highest BCUT2D eigenvalue weighted by Gasteiger charge is 2.07. The van der Waals surface area contributed by atoms with Crippen molar-refractivity contribution in [3.63, 3.8) is 0 Å². The van der Waals surface area contributed by atoms with E-state index in [9.17, 15) is 0 Å². The van der Waals surface area contributed by atoms with Crippen LogP contribution in [0.15, 0.2) is 78.0 Å². The summed E-state index contributed by atoms with van der Waals surface area (Å²) in [5.41, 5.74) is 3.57. The lowest BCUT2D eigenvalue weighted by Gasteiger charge is -2.18. The lowest BCUT2D eigenvalue weighted by Crippen LogP contribution is -2.38. The second-order valence-corrected chi connectivity index (χ2v) is 6.50. The largest absolute Gasteiger partial charge is 0.357 e. The van der Waals surface area contributed by atoms with Crippen LogP contribution in [0.1, 0.15) is 36.6 Å². The number of guanidine groups is 1. The Morgan fingerprint density at radius 3 is 2.39 bits per heavy atom. The van der Waals surface area contributed by atoms with Gasteiger partial charge < -0.3 is 10.6 Å². The van der Waals surface area contributed by atoms with E-state index in [1.54, 1.807) is 0 Å². The summed E-state index contributed by atoms with van der Waals surface area (Å²) in [6.45, 7) is 6.39. The predicted molar refractivity (Wildman–Crippen MR) is 126 cm³/mol. The number of aliphatic imine (C=N–C) groups is 1. The summed E-state index contributed by atoms with van der Waals surface area (Å²) in [7, 11) is 0. The van der Waals surface area contributed by atoms with Crippen molar-refractivity contribution in [2.24, 2.45) is 4.99 Å². The van der Waals surface area contributed by atoms with Crippen LogP contribution in [0.25, 0.3) is 0 Å². The third-order valence-corrected chi connectivity index (χ3v) is 4.29. The first kappa shape index (κ1) is 21.9. The fraction of sp³-hybridized carbons (Fsp3) is 0.273. The number of aromatic nitrogens is 2. The van der Waals surface area contributed by atoms with Crippen molar-refractivity contribution in [3.05, 3.63) is 89.7 Å². The molecule has 0 amide bonds. The van der Waals surface area contributed by atoms with Crippen LogP contribution < -0.4 is 10.6 Å². The van der Waals surface area contributed by atoms with Crippen LogP contribution in [0, 0.1) is 0 Å². The summed E-state index contributed by atoms with van der Waals surface area (Å²) in [4.78, 5) is 4.71. The second-order valence-electron chi connectivity index (χ2n) is 6.50. The minimum atomic E-state index is 0. The molecule has 0 bridgehead atoms. The summed E-state index contributed by atoms with van der Waals surface area (Å²) in [5, 5.41) is 11.2. The topological polar surface area (TPSA) is 54.2 Å². The first-order valence-corrected chi connectivity index (χ1v) is 9.39. The van der Waals surface area contributed by atoms with Gasteiger partial charge >= 0.3 is 0 Å². The third-order valence-electron chi connectivity index (χ3n) is 4.29. The quantitative estimate of drug-likeness (QED) is 0.295. The Balaban J connectivity index is 0.00000280. The molecule has 0 aliphatic carbocycles. The molecule has 1 unspecified atom stereocenters. The molecule has 0 saturated carbocycles. The molecule has 28 heavy (non-hydrogen) atoms. The van der Waals surface area contributed by atoms with E-state index in [0.29, 0.717) is 6.54 Å². The molecule has 0 saturated heterocycles. The van der Waals surface area contributed by atoms with Gasteiger partial charge in [0.1, 0.15) is 0 Å². The van der Waals surface area contributed by atoms with Gasteiger partial charge in [-0.25, -0.2) is 4.99 Å². The van der Waals surface area contributed by atoms with Crippen molar-refractivity contribution in [1.82, 2.24) is 20.4 Å². The molecule has 5 nitrogen and oxygen atoms in total. The van der Waals surface area contributed by atoms with Gasteiger partial charge in [-0.1, -0.05) is 60.7 Å². The lowest BCUT2D eigenvalue weighted by atomic mass is 10.1. The molecule has 1 aromatic heterocycles. The van der Waals surface area contributed by atoms with E-state index in [4.69, 9.17) is 4.99 Å². The lowest BCUT2D eigenvalue weighted by molar-refractivity contribution is 0.683. The van der Waals surface area contributed by atoms with Crippen LogP contribution >= 0.6 is 24.0 Å². The Morgan fingerprint density at radius 1 is 1.04 bits per heavy atom. The number of rotatable bonds is 7. The minimum absolute atomic E-state index is 0. The van der Waals surface area contributed by atoms with Crippen LogP contribution in [0.2, 0.25) is 0 Å². The average molecular weight is 489 g/mol. The molecule has 148 valence electrons. The summed E-state index contributed by atoms with van der Waals surface area (Å²) in [6, 6.07) is 20.9. The van der Waals surface area contributed by atoms with E-state index in [0.717, 1.165) is 24.6 Å².